The molecule has 0 aliphatic carbocycles. The lowest BCUT2D eigenvalue weighted by molar-refractivity contribution is 0.0948. The molecule has 1 amide bonds. The van der Waals surface area contributed by atoms with Gasteiger partial charge in [0.2, 0.25) is 0 Å². The summed E-state index contributed by atoms with van der Waals surface area (Å²) in [7, 11) is 0. The van der Waals surface area contributed by atoms with Crippen molar-refractivity contribution in [3.8, 4) is 5.75 Å². The molecule has 0 spiro atoms. The Morgan fingerprint density at radius 2 is 2.05 bits per heavy atom. The number of amides is 1. The molecular weight excluding hydrogens is 266 g/mol. The lowest BCUT2D eigenvalue weighted by atomic mass is 10.1. The molecule has 0 aliphatic rings. The molecule has 2 N–H and O–H groups in total. The van der Waals surface area contributed by atoms with Crippen LogP contribution in [0.2, 0.25) is 0 Å². The summed E-state index contributed by atoms with van der Waals surface area (Å²) in [5.41, 5.74) is 1.77. The van der Waals surface area contributed by atoms with Gasteiger partial charge in [-0.25, -0.2) is 0 Å². The van der Waals surface area contributed by atoms with Crippen LogP contribution < -0.4 is 5.32 Å². The average molecular weight is 279 g/mol. The molecular formula is C16H13N3O2. The number of nitrogens with zero attached hydrogens (tertiary/aromatic N) is 2. The summed E-state index contributed by atoms with van der Waals surface area (Å²) in [6.07, 6.45) is 5.00. The van der Waals surface area contributed by atoms with Gasteiger partial charge in [0.05, 0.1) is 11.1 Å². The van der Waals surface area contributed by atoms with Crippen LogP contribution in [0.3, 0.4) is 0 Å². The van der Waals surface area contributed by atoms with Crippen LogP contribution in [0.4, 0.5) is 0 Å². The molecule has 3 rings (SSSR count). The fraction of sp³-hybridized carbons (Fsp3) is 0.0625. The SMILES string of the molecule is O=C(NCc1cccnc1)c1cc2ncccc2cc1O. The van der Waals surface area contributed by atoms with Gasteiger partial charge in [-0.05, 0) is 29.8 Å². The van der Waals surface area contributed by atoms with Crippen molar-refractivity contribution in [3.05, 3.63) is 66.1 Å². The molecule has 3 aromatic rings. The van der Waals surface area contributed by atoms with E-state index in [9.17, 15) is 9.90 Å². The summed E-state index contributed by atoms with van der Waals surface area (Å²) in [5.74, 6) is -0.400. The predicted octanol–water partition coefficient (Wildman–Crippen LogP) is 2.27. The Morgan fingerprint density at radius 3 is 2.86 bits per heavy atom. The number of benzene rings is 1. The molecule has 0 saturated carbocycles. The van der Waals surface area contributed by atoms with Crippen molar-refractivity contribution in [1.82, 2.24) is 15.3 Å². The number of phenolic OH excluding ortho intramolecular Hbond substituents is 1. The number of nitrogens with one attached hydrogen (secondary N) is 1. The Labute approximate surface area is 121 Å². The third kappa shape index (κ3) is 2.81. The van der Waals surface area contributed by atoms with E-state index in [2.05, 4.69) is 15.3 Å². The number of aromatic nitrogens is 2. The first-order chi connectivity index (χ1) is 10.2. The molecule has 0 atom stereocenters. The van der Waals surface area contributed by atoms with Crippen molar-refractivity contribution < 1.29 is 9.90 Å². The number of carbonyl (C=O) groups excluding carboxylic acids is 1. The van der Waals surface area contributed by atoms with E-state index in [1.54, 1.807) is 42.9 Å². The molecule has 0 aliphatic heterocycles. The Kier molecular flexibility index (Phi) is 3.47. The van der Waals surface area contributed by atoms with Gasteiger partial charge < -0.3 is 10.4 Å². The van der Waals surface area contributed by atoms with Crippen molar-refractivity contribution in [2.45, 2.75) is 6.54 Å². The zero-order valence-electron chi connectivity index (χ0n) is 11.2. The minimum atomic E-state index is -0.344. The smallest absolute Gasteiger partial charge is 0.255 e. The van der Waals surface area contributed by atoms with E-state index in [0.717, 1.165) is 10.9 Å². The van der Waals surface area contributed by atoms with Gasteiger partial charge in [-0.15, -0.1) is 0 Å². The lowest BCUT2D eigenvalue weighted by Gasteiger charge is -2.08. The van der Waals surface area contributed by atoms with Gasteiger partial charge in [0.15, 0.2) is 0 Å². The summed E-state index contributed by atoms with van der Waals surface area (Å²) in [5, 5.41) is 13.5. The van der Waals surface area contributed by atoms with Crippen LogP contribution in [0.5, 0.6) is 5.75 Å². The van der Waals surface area contributed by atoms with E-state index in [4.69, 9.17) is 0 Å². The summed E-state index contributed by atoms with van der Waals surface area (Å²) < 4.78 is 0. The summed E-state index contributed by atoms with van der Waals surface area (Å²) >= 11 is 0. The highest BCUT2D eigenvalue weighted by molar-refractivity contribution is 6.00. The normalized spacial score (nSPS) is 10.5. The van der Waals surface area contributed by atoms with Gasteiger partial charge in [-0.1, -0.05) is 12.1 Å². The zero-order valence-corrected chi connectivity index (χ0v) is 11.2. The molecule has 0 radical (unpaired) electrons. The molecule has 1 aromatic carbocycles. The second kappa shape index (κ2) is 5.58. The summed E-state index contributed by atoms with van der Waals surface area (Å²) in [6.45, 7) is 0.354. The fourth-order valence-electron chi connectivity index (χ4n) is 2.07. The van der Waals surface area contributed by atoms with Crippen LogP contribution in [-0.4, -0.2) is 21.0 Å². The third-order valence-electron chi connectivity index (χ3n) is 3.14. The van der Waals surface area contributed by atoms with Gasteiger partial charge in [0, 0.05) is 30.5 Å². The average Bonchev–Trinajstić information content (AvgIpc) is 2.53. The Hall–Kier alpha value is -2.95. The molecule has 5 nitrogen and oxygen atoms in total. The van der Waals surface area contributed by atoms with Crippen molar-refractivity contribution >= 4 is 16.8 Å². The standard InChI is InChI=1S/C16H13N3O2/c20-15-7-12-4-2-6-18-14(12)8-13(15)16(21)19-10-11-3-1-5-17-9-11/h1-9,20H,10H2,(H,19,21). The van der Waals surface area contributed by atoms with Crippen molar-refractivity contribution in [3.63, 3.8) is 0 Å². The first kappa shape index (κ1) is 13.1. The minimum absolute atomic E-state index is 0.0563. The topological polar surface area (TPSA) is 75.1 Å². The van der Waals surface area contributed by atoms with Crippen LogP contribution >= 0.6 is 0 Å². The van der Waals surface area contributed by atoms with E-state index in [1.165, 1.54) is 0 Å². The lowest BCUT2D eigenvalue weighted by Crippen LogP contribution is -2.22. The molecule has 0 unspecified atom stereocenters. The number of aromatic hydroxyl groups is 1. The monoisotopic (exact) mass is 279 g/mol. The predicted molar refractivity (Wildman–Crippen MR) is 78.8 cm³/mol. The Bertz CT molecular complexity index is 788. The van der Waals surface area contributed by atoms with Crippen LogP contribution in [-0.2, 0) is 6.54 Å². The molecule has 2 heterocycles. The number of hydrogen-bond donors (Lipinski definition) is 2. The second-order valence-electron chi connectivity index (χ2n) is 4.61. The molecule has 21 heavy (non-hydrogen) atoms. The molecule has 2 aromatic heterocycles. The third-order valence-corrected chi connectivity index (χ3v) is 3.14. The maximum Gasteiger partial charge on any atom is 0.255 e. The number of hydrogen-bond acceptors (Lipinski definition) is 4. The van der Waals surface area contributed by atoms with E-state index in [1.807, 2.05) is 12.1 Å². The summed E-state index contributed by atoms with van der Waals surface area (Å²) in [6, 6.07) is 10.4. The van der Waals surface area contributed by atoms with Crippen LogP contribution in [0.25, 0.3) is 10.9 Å². The first-order valence-electron chi connectivity index (χ1n) is 6.49. The molecule has 0 saturated heterocycles. The van der Waals surface area contributed by atoms with Gasteiger partial charge in [0.1, 0.15) is 5.75 Å². The number of fused-ring (bicyclic) bond motifs is 1. The zero-order chi connectivity index (χ0) is 14.7. The van der Waals surface area contributed by atoms with E-state index < -0.39 is 0 Å². The molecule has 104 valence electrons. The number of phenols is 1. The maximum absolute atomic E-state index is 12.2. The summed E-state index contributed by atoms with van der Waals surface area (Å²) in [4.78, 5) is 20.3. The van der Waals surface area contributed by atoms with Crippen LogP contribution in [0.15, 0.2) is 55.0 Å². The van der Waals surface area contributed by atoms with Gasteiger partial charge >= 0.3 is 0 Å². The Morgan fingerprint density at radius 1 is 1.19 bits per heavy atom. The van der Waals surface area contributed by atoms with Crippen molar-refractivity contribution in [1.29, 1.82) is 0 Å². The highest BCUT2D eigenvalue weighted by Crippen LogP contribution is 2.23. The van der Waals surface area contributed by atoms with Crippen LogP contribution in [0.1, 0.15) is 15.9 Å². The largest absolute Gasteiger partial charge is 0.507 e. The van der Waals surface area contributed by atoms with E-state index in [-0.39, 0.29) is 17.2 Å². The van der Waals surface area contributed by atoms with E-state index >= 15 is 0 Å². The fourth-order valence-corrected chi connectivity index (χ4v) is 2.07. The number of rotatable bonds is 3. The number of pyridine rings is 2. The van der Waals surface area contributed by atoms with Crippen molar-refractivity contribution in [2.75, 3.05) is 0 Å². The quantitative estimate of drug-likeness (QED) is 0.771. The Balaban J connectivity index is 1.82. The van der Waals surface area contributed by atoms with Gasteiger partial charge in [-0.3, -0.25) is 14.8 Å². The second-order valence-corrected chi connectivity index (χ2v) is 4.61. The molecule has 0 fully saturated rings. The molecule has 5 heteroatoms. The van der Waals surface area contributed by atoms with Gasteiger partial charge in [0.25, 0.3) is 5.91 Å². The van der Waals surface area contributed by atoms with E-state index in [0.29, 0.717) is 12.1 Å². The van der Waals surface area contributed by atoms with Crippen molar-refractivity contribution in [2.24, 2.45) is 0 Å². The molecule has 0 bridgehead atoms. The van der Waals surface area contributed by atoms with Crippen LogP contribution in [0, 0.1) is 0 Å². The highest BCUT2D eigenvalue weighted by atomic mass is 16.3. The highest BCUT2D eigenvalue weighted by Gasteiger charge is 2.12. The first-order valence-corrected chi connectivity index (χ1v) is 6.49. The minimum Gasteiger partial charge on any atom is -0.507 e. The number of carbonyl (C=O) groups is 1. The maximum atomic E-state index is 12.2. The van der Waals surface area contributed by atoms with Gasteiger partial charge in [-0.2, -0.15) is 0 Å².